The van der Waals surface area contributed by atoms with E-state index in [2.05, 4.69) is 28.8 Å². The average Bonchev–Trinajstić information content (AvgIpc) is 1.88. The van der Waals surface area contributed by atoms with Gasteiger partial charge in [-0.15, -0.1) is 0 Å². The third-order valence-electron chi connectivity index (χ3n) is 1.07. The molecule has 0 aliphatic carbocycles. The van der Waals surface area contributed by atoms with Crippen LogP contribution in [0.2, 0.25) is 0 Å². The molecule has 0 saturated heterocycles. The molecular weight excluding hydrogens is 142 g/mol. The van der Waals surface area contributed by atoms with Gasteiger partial charge in [-0.05, 0) is 30.2 Å². The summed E-state index contributed by atoms with van der Waals surface area (Å²) in [4.78, 5) is 4.14. The number of thiol groups is 1. The average molecular weight is 149 g/mol. The van der Waals surface area contributed by atoms with E-state index in [0.717, 1.165) is 11.4 Å². The Balaban J connectivity index is 3.03. The molecule has 0 aromatic carbocycles. The van der Waals surface area contributed by atoms with Crippen LogP contribution in [0.1, 0.15) is 11.4 Å². The lowest BCUT2D eigenvalue weighted by Crippen LogP contribution is -1.83. The van der Waals surface area contributed by atoms with Crippen molar-refractivity contribution in [2.24, 2.45) is 0 Å². The fourth-order valence-corrected chi connectivity index (χ4v) is 0.784. The Morgan fingerprint density at radius 2 is 2.30 bits per heavy atom. The molecule has 1 rings (SSSR count). The van der Waals surface area contributed by atoms with Crippen LogP contribution in [0.25, 0.3) is 0 Å². The first-order chi connectivity index (χ1) is 4.83. The second kappa shape index (κ2) is 3.28. The van der Waals surface area contributed by atoms with Crippen molar-refractivity contribution in [2.45, 2.75) is 6.92 Å². The number of nitrogens with zero attached hydrogens (tertiary/aromatic N) is 1. The van der Waals surface area contributed by atoms with E-state index in [1.54, 1.807) is 0 Å². The SMILES string of the molecule is Cc1cccc(C#CS)n1. The number of rotatable bonds is 0. The van der Waals surface area contributed by atoms with Crippen LogP contribution in [0.15, 0.2) is 18.2 Å². The summed E-state index contributed by atoms with van der Waals surface area (Å²) in [5.74, 6) is 2.75. The van der Waals surface area contributed by atoms with Crippen molar-refractivity contribution in [3.63, 3.8) is 0 Å². The maximum absolute atomic E-state index is 4.14. The van der Waals surface area contributed by atoms with Crippen molar-refractivity contribution in [3.8, 4) is 11.2 Å². The van der Waals surface area contributed by atoms with Gasteiger partial charge in [-0.3, -0.25) is 0 Å². The summed E-state index contributed by atoms with van der Waals surface area (Å²) in [7, 11) is 0. The molecule has 50 valence electrons. The van der Waals surface area contributed by atoms with Gasteiger partial charge >= 0.3 is 0 Å². The second-order valence-corrected chi connectivity index (χ2v) is 2.12. The lowest BCUT2D eigenvalue weighted by atomic mass is 10.3. The predicted molar refractivity (Wildman–Crippen MR) is 44.8 cm³/mol. The molecule has 0 spiro atoms. The molecule has 0 unspecified atom stereocenters. The number of hydrogen-bond donors (Lipinski definition) is 1. The summed E-state index contributed by atoms with van der Waals surface area (Å²) in [5, 5.41) is 2.49. The van der Waals surface area contributed by atoms with Crippen molar-refractivity contribution in [1.82, 2.24) is 4.98 Å². The molecule has 2 heteroatoms. The van der Waals surface area contributed by atoms with Crippen molar-refractivity contribution in [2.75, 3.05) is 0 Å². The Labute approximate surface area is 65.9 Å². The Hall–Kier alpha value is -0.940. The third kappa shape index (κ3) is 1.78. The van der Waals surface area contributed by atoms with E-state index in [9.17, 15) is 0 Å². The smallest absolute Gasteiger partial charge is 0.114 e. The van der Waals surface area contributed by atoms with E-state index in [0.29, 0.717) is 0 Å². The molecule has 0 N–H and O–H groups in total. The Morgan fingerprint density at radius 1 is 1.50 bits per heavy atom. The first-order valence-electron chi connectivity index (χ1n) is 2.91. The van der Waals surface area contributed by atoms with Crippen molar-refractivity contribution < 1.29 is 0 Å². The zero-order chi connectivity index (χ0) is 7.40. The van der Waals surface area contributed by atoms with E-state index in [1.165, 1.54) is 0 Å². The van der Waals surface area contributed by atoms with Crippen LogP contribution < -0.4 is 0 Å². The van der Waals surface area contributed by atoms with Crippen molar-refractivity contribution >= 4 is 12.6 Å². The van der Waals surface area contributed by atoms with E-state index >= 15 is 0 Å². The lowest BCUT2D eigenvalue weighted by molar-refractivity contribution is 1.18. The fourth-order valence-electron chi connectivity index (χ4n) is 0.670. The molecule has 0 fully saturated rings. The predicted octanol–water partition coefficient (Wildman–Crippen LogP) is 1.63. The minimum atomic E-state index is 0.773. The fraction of sp³-hybridized carbons (Fsp3) is 0.125. The monoisotopic (exact) mass is 149 g/mol. The first-order valence-corrected chi connectivity index (χ1v) is 3.36. The topological polar surface area (TPSA) is 12.9 Å². The highest BCUT2D eigenvalue weighted by Crippen LogP contribution is 1.95. The molecule has 0 atom stereocenters. The van der Waals surface area contributed by atoms with Crippen LogP contribution in [0.4, 0.5) is 0 Å². The van der Waals surface area contributed by atoms with Crippen LogP contribution in [-0.2, 0) is 0 Å². The van der Waals surface area contributed by atoms with Gasteiger partial charge in [0, 0.05) is 5.69 Å². The summed E-state index contributed by atoms with van der Waals surface area (Å²) < 4.78 is 0. The van der Waals surface area contributed by atoms with Crippen molar-refractivity contribution in [3.05, 3.63) is 29.6 Å². The highest BCUT2D eigenvalue weighted by molar-refractivity contribution is 7.85. The zero-order valence-corrected chi connectivity index (χ0v) is 6.52. The van der Waals surface area contributed by atoms with Crippen LogP contribution in [-0.4, -0.2) is 4.98 Å². The number of hydrogen-bond acceptors (Lipinski definition) is 2. The molecule has 0 amide bonds. The molecule has 1 heterocycles. The molecular formula is C8H7NS. The summed E-state index contributed by atoms with van der Waals surface area (Å²) in [5.41, 5.74) is 1.75. The molecule has 0 aliphatic heterocycles. The minimum Gasteiger partial charge on any atom is -0.245 e. The first kappa shape index (κ1) is 7.17. The van der Waals surface area contributed by atoms with Crippen LogP contribution in [0, 0.1) is 18.1 Å². The summed E-state index contributed by atoms with van der Waals surface area (Å²) in [6.07, 6.45) is 0. The summed E-state index contributed by atoms with van der Waals surface area (Å²) >= 11 is 3.77. The van der Waals surface area contributed by atoms with Gasteiger partial charge in [0.15, 0.2) is 0 Å². The molecule has 1 aromatic rings. The van der Waals surface area contributed by atoms with E-state index in [-0.39, 0.29) is 0 Å². The van der Waals surface area contributed by atoms with Crippen LogP contribution in [0.5, 0.6) is 0 Å². The molecule has 0 bridgehead atoms. The van der Waals surface area contributed by atoms with Gasteiger partial charge in [-0.1, -0.05) is 18.7 Å². The van der Waals surface area contributed by atoms with Gasteiger partial charge in [0.2, 0.25) is 0 Å². The maximum Gasteiger partial charge on any atom is 0.114 e. The van der Waals surface area contributed by atoms with Gasteiger partial charge in [-0.2, -0.15) is 0 Å². The summed E-state index contributed by atoms with van der Waals surface area (Å²) in [6.45, 7) is 1.93. The molecule has 1 nitrogen and oxygen atoms in total. The highest BCUT2D eigenvalue weighted by Gasteiger charge is 1.86. The molecule has 0 saturated carbocycles. The Bertz CT molecular complexity index is 283. The molecule has 1 aromatic heterocycles. The van der Waals surface area contributed by atoms with E-state index < -0.39 is 0 Å². The van der Waals surface area contributed by atoms with Crippen molar-refractivity contribution in [1.29, 1.82) is 0 Å². The molecule has 0 aliphatic rings. The Morgan fingerprint density at radius 3 is 2.90 bits per heavy atom. The maximum atomic E-state index is 4.14. The second-order valence-electron chi connectivity index (χ2n) is 1.90. The number of aromatic nitrogens is 1. The third-order valence-corrected chi connectivity index (χ3v) is 1.18. The normalized spacial score (nSPS) is 8.20. The van der Waals surface area contributed by atoms with E-state index in [1.807, 2.05) is 25.1 Å². The minimum absolute atomic E-state index is 0.773. The largest absolute Gasteiger partial charge is 0.245 e. The molecule has 0 radical (unpaired) electrons. The number of pyridine rings is 1. The quantitative estimate of drug-likeness (QED) is 0.437. The zero-order valence-electron chi connectivity index (χ0n) is 5.63. The van der Waals surface area contributed by atoms with Gasteiger partial charge in [0.1, 0.15) is 5.69 Å². The van der Waals surface area contributed by atoms with Gasteiger partial charge in [0.25, 0.3) is 0 Å². The standard InChI is InChI=1S/C8H7NS/c1-7-3-2-4-8(9-7)5-6-10/h2-4,10H,1H3. The Kier molecular flexibility index (Phi) is 2.35. The highest BCUT2D eigenvalue weighted by atomic mass is 32.1. The van der Waals surface area contributed by atoms with Crippen LogP contribution in [0.3, 0.4) is 0 Å². The van der Waals surface area contributed by atoms with E-state index in [4.69, 9.17) is 0 Å². The van der Waals surface area contributed by atoms with Gasteiger partial charge in [-0.25, -0.2) is 4.98 Å². The lowest BCUT2D eigenvalue weighted by Gasteiger charge is -1.89. The summed E-state index contributed by atoms with van der Waals surface area (Å²) in [6, 6.07) is 5.72. The van der Waals surface area contributed by atoms with Crippen LogP contribution >= 0.6 is 12.6 Å². The molecule has 10 heavy (non-hydrogen) atoms. The number of aryl methyl sites for hydroxylation is 1. The van der Waals surface area contributed by atoms with Gasteiger partial charge in [0.05, 0.1) is 0 Å². The van der Waals surface area contributed by atoms with Gasteiger partial charge < -0.3 is 0 Å².